The number of aromatic nitrogens is 2. The zero-order valence-electron chi connectivity index (χ0n) is 16.8. The van der Waals surface area contributed by atoms with E-state index in [0.29, 0.717) is 16.7 Å². The van der Waals surface area contributed by atoms with Crippen molar-refractivity contribution in [3.63, 3.8) is 0 Å². The summed E-state index contributed by atoms with van der Waals surface area (Å²) >= 11 is 0. The molecule has 6 rings (SSSR count). The predicted octanol–water partition coefficient (Wildman–Crippen LogP) is 2.88. The number of esters is 1. The Morgan fingerprint density at radius 2 is 2.19 bits per heavy atom. The van der Waals surface area contributed by atoms with Gasteiger partial charge in [0.25, 0.3) is 0 Å². The molecule has 0 spiro atoms. The number of rotatable bonds is 3. The zero-order chi connectivity index (χ0) is 21.3. The van der Waals surface area contributed by atoms with E-state index < -0.39 is 17.2 Å². The molecule has 3 aliphatic rings. The topological polar surface area (TPSA) is 88.5 Å². The minimum absolute atomic E-state index is 0.0823. The van der Waals surface area contributed by atoms with Crippen molar-refractivity contribution >= 4 is 40.0 Å². The quantitative estimate of drug-likeness (QED) is 0.501. The molecule has 2 aliphatic carbocycles. The number of benzene rings is 1. The molecule has 0 atom stereocenters. The summed E-state index contributed by atoms with van der Waals surface area (Å²) < 4.78 is 22.2. The van der Waals surface area contributed by atoms with Crippen LogP contribution >= 0.6 is 0 Å². The Bertz CT molecular complexity index is 1510. The number of carbonyl (C=O) groups excluding carboxylic acids is 1. The molecular formula is C23H19FN4O3. The first-order valence-corrected chi connectivity index (χ1v) is 10.4. The number of ether oxygens (including phenoxy) is 1. The van der Waals surface area contributed by atoms with Gasteiger partial charge >= 0.3 is 5.97 Å². The molecule has 7 nitrogen and oxygen atoms in total. The van der Waals surface area contributed by atoms with Crippen LogP contribution in [-0.4, -0.2) is 22.1 Å². The molecule has 1 aromatic carbocycles. The average molecular weight is 418 g/mol. The molecular weight excluding hydrogens is 399 g/mol. The molecule has 156 valence electrons. The van der Waals surface area contributed by atoms with Crippen molar-refractivity contribution in [1.29, 1.82) is 0 Å². The number of aromatic amines is 1. The lowest BCUT2D eigenvalue weighted by atomic mass is 10.1. The third kappa shape index (κ3) is 2.60. The second-order valence-corrected chi connectivity index (χ2v) is 7.99. The lowest BCUT2D eigenvalue weighted by molar-refractivity contribution is 0.0524. The Morgan fingerprint density at radius 1 is 1.35 bits per heavy atom. The summed E-state index contributed by atoms with van der Waals surface area (Å²) in [4.78, 5) is 33.5. The van der Waals surface area contributed by atoms with E-state index in [9.17, 15) is 9.59 Å². The van der Waals surface area contributed by atoms with Crippen LogP contribution in [0, 0.1) is 5.82 Å². The fraction of sp³-hybridized carbons (Fsp3) is 0.261. The third-order valence-electron chi connectivity index (χ3n) is 5.99. The lowest BCUT2D eigenvalue weighted by Gasteiger charge is -2.20. The SMILES string of the molecule is CCOC(=O)c1cn(C2CC2)c2c3c(c(F)cc2c1=O)Nc1c2c([nH]c1=N3)=CC=CC2. The highest BCUT2D eigenvalue weighted by Crippen LogP contribution is 2.44. The zero-order valence-corrected chi connectivity index (χ0v) is 16.8. The number of H-pyrrole nitrogens is 1. The number of pyridine rings is 1. The van der Waals surface area contributed by atoms with E-state index in [-0.39, 0.29) is 29.3 Å². The molecule has 1 saturated carbocycles. The van der Waals surface area contributed by atoms with Crippen molar-refractivity contribution in [2.45, 2.75) is 32.2 Å². The van der Waals surface area contributed by atoms with Crippen LogP contribution in [0.2, 0.25) is 0 Å². The molecule has 0 radical (unpaired) electrons. The number of fused-ring (bicyclic) bond motifs is 6. The highest BCUT2D eigenvalue weighted by Gasteiger charge is 2.31. The van der Waals surface area contributed by atoms with Gasteiger partial charge in [-0.25, -0.2) is 14.2 Å². The highest BCUT2D eigenvalue weighted by molar-refractivity contribution is 6.01. The first-order chi connectivity index (χ1) is 15.1. The Morgan fingerprint density at radius 3 is 2.97 bits per heavy atom. The van der Waals surface area contributed by atoms with E-state index in [1.165, 1.54) is 6.07 Å². The van der Waals surface area contributed by atoms with Crippen molar-refractivity contribution in [3.05, 3.63) is 62.4 Å². The standard InChI is InChI=1S/C23H19FN4O3/c1-2-31-23(30)14-10-28(11-7-8-11)20-13(21(14)29)9-15(24)18-19(20)27-22-17(26-18)12-5-3-4-6-16(12)25-22/h3-4,6,9-11,26H,2,5,7-8H2,1H3,(H,25,27). The van der Waals surface area contributed by atoms with E-state index in [0.717, 1.165) is 35.9 Å². The normalized spacial score (nSPS) is 15.9. The minimum Gasteiger partial charge on any atom is -0.462 e. The average Bonchev–Trinajstić information content (AvgIpc) is 3.54. The van der Waals surface area contributed by atoms with Gasteiger partial charge in [0.1, 0.15) is 22.8 Å². The summed E-state index contributed by atoms with van der Waals surface area (Å²) in [7, 11) is 0. The monoisotopic (exact) mass is 418 g/mol. The second kappa shape index (κ2) is 6.41. The largest absolute Gasteiger partial charge is 0.462 e. The van der Waals surface area contributed by atoms with Gasteiger partial charge in [-0.15, -0.1) is 0 Å². The number of hydrogen-bond acceptors (Lipinski definition) is 5. The maximum atomic E-state index is 15.2. The van der Waals surface area contributed by atoms with Crippen LogP contribution in [0.3, 0.4) is 0 Å². The number of allylic oxidation sites excluding steroid dienone is 2. The van der Waals surface area contributed by atoms with Crippen molar-refractivity contribution in [2.24, 2.45) is 4.99 Å². The van der Waals surface area contributed by atoms with Crippen LogP contribution in [0.1, 0.15) is 41.7 Å². The highest BCUT2D eigenvalue weighted by atomic mass is 19.1. The van der Waals surface area contributed by atoms with E-state index in [1.807, 2.05) is 22.8 Å². The molecule has 0 bridgehead atoms. The van der Waals surface area contributed by atoms with Gasteiger partial charge in [-0.05, 0) is 38.3 Å². The molecule has 2 N–H and O–H groups in total. The predicted molar refractivity (Wildman–Crippen MR) is 114 cm³/mol. The van der Waals surface area contributed by atoms with E-state index in [1.54, 1.807) is 13.1 Å². The van der Waals surface area contributed by atoms with E-state index in [2.05, 4.69) is 10.3 Å². The van der Waals surface area contributed by atoms with Crippen LogP contribution in [0.5, 0.6) is 0 Å². The summed E-state index contributed by atoms with van der Waals surface area (Å²) in [5.41, 5.74) is 2.91. The molecule has 0 unspecified atom stereocenters. The summed E-state index contributed by atoms with van der Waals surface area (Å²) in [5.74, 6) is -1.28. The Hall–Kier alpha value is -3.68. The summed E-state index contributed by atoms with van der Waals surface area (Å²) in [6.45, 7) is 1.84. The fourth-order valence-electron chi connectivity index (χ4n) is 4.39. The molecule has 3 aromatic rings. The van der Waals surface area contributed by atoms with Gasteiger partial charge in [0.05, 0.1) is 23.2 Å². The Kier molecular flexibility index (Phi) is 3.74. The first-order valence-electron chi connectivity index (χ1n) is 10.4. The molecule has 31 heavy (non-hydrogen) atoms. The van der Waals surface area contributed by atoms with Crippen LogP contribution in [0.15, 0.2) is 34.2 Å². The number of anilines is 2. The Labute approximate surface area is 175 Å². The van der Waals surface area contributed by atoms with Gasteiger partial charge in [0, 0.05) is 23.2 Å². The van der Waals surface area contributed by atoms with Gasteiger partial charge in [-0.3, -0.25) is 4.79 Å². The molecule has 3 heterocycles. The number of halogens is 1. The summed E-state index contributed by atoms with van der Waals surface area (Å²) in [6, 6.07) is 1.34. The maximum Gasteiger partial charge on any atom is 0.343 e. The third-order valence-corrected chi connectivity index (χ3v) is 5.99. The summed E-state index contributed by atoms with van der Waals surface area (Å²) in [5, 5.41) is 4.28. The van der Waals surface area contributed by atoms with Gasteiger partial charge < -0.3 is 19.6 Å². The number of nitrogens with zero attached hydrogens (tertiary/aromatic N) is 2. The molecule has 8 heteroatoms. The van der Waals surface area contributed by atoms with E-state index in [4.69, 9.17) is 9.73 Å². The van der Waals surface area contributed by atoms with Gasteiger partial charge in [-0.1, -0.05) is 12.2 Å². The van der Waals surface area contributed by atoms with Crippen molar-refractivity contribution < 1.29 is 13.9 Å². The molecule has 1 aliphatic heterocycles. The van der Waals surface area contributed by atoms with Crippen molar-refractivity contribution in [2.75, 3.05) is 11.9 Å². The number of nitrogens with one attached hydrogen (secondary N) is 2. The number of hydrogen-bond donors (Lipinski definition) is 2. The molecule has 0 saturated heterocycles. The molecule has 1 fully saturated rings. The first kappa shape index (κ1) is 18.1. The number of carbonyl (C=O) groups is 1. The van der Waals surface area contributed by atoms with Crippen LogP contribution in [0.4, 0.5) is 21.5 Å². The van der Waals surface area contributed by atoms with Crippen LogP contribution < -0.4 is 21.6 Å². The van der Waals surface area contributed by atoms with Crippen LogP contribution in [0.25, 0.3) is 17.0 Å². The Balaban J connectivity index is 1.69. The fourth-order valence-corrected chi connectivity index (χ4v) is 4.39. The van der Waals surface area contributed by atoms with Crippen LogP contribution in [-0.2, 0) is 11.2 Å². The van der Waals surface area contributed by atoms with Crippen molar-refractivity contribution in [1.82, 2.24) is 9.55 Å². The van der Waals surface area contributed by atoms with Crippen molar-refractivity contribution in [3.8, 4) is 0 Å². The van der Waals surface area contributed by atoms with Gasteiger partial charge in [0.2, 0.25) is 5.43 Å². The van der Waals surface area contributed by atoms with Gasteiger partial charge in [-0.2, -0.15) is 0 Å². The van der Waals surface area contributed by atoms with Gasteiger partial charge in [0.15, 0.2) is 5.49 Å². The second-order valence-electron chi connectivity index (χ2n) is 7.99. The molecule has 2 aromatic heterocycles. The minimum atomic E-state index is -0.695. The molecule has 0 amide bonds. The lowest BCUT2D eigenvalue weighted by Crippen LogP contribution is -2.22. The van der Waals surface area contributed by atoms with E-state index >= 15 is 4.39 Å². The summed E-state index contributed by atoms with van der Waals surface area (Å²) in [6.07, 6.45) is 10.1. The smallest absolute Gasteiger partial charge is 0.343 e. The maximum absolute atomic E-state index is 15.2.